The molecule has 0 radical (unpaired) electrons. The van der Waals surface area contributed by atoms with Crippen LogP contribution in [0.2, 0.25) is 0 Å². The van der Waals surface area contributed by atoms with Crippen LogP contribution in [0, 0.1) is 0 Å². The number of likely N-dealkylation sites (tertiary alicyclic amines) is 1. The Hall–Kier alpha value is -0.380. The van der Waals surface area contributed by atoms with Gasteiger partial charge in [0.2, 0.25) is 0 Å². The Kier molecular flexibility index (Phi) is 6.53. The zero-order valence-corrected chi connectivity index (χ0v) is 14.3. The molecule has 2 atom stereocenters. The van der Waals surface area contributed by atoms with E-state index in [0.717, 1.165) is 6.42 Å². The Morgan fingerprint density at radius 2 is 2.00 bits per heavy atom. The summed E-state index contributed by atoms with van der Waals surface area (Å²) in [6.07, 6.45) is 5.28. The van der Waals surface area contributed by atoms with Gasteiger partial charge in [0.1, 0.15) is 0 Å². The van der Waals surface area contributed by atoms with Gasteiger partial charge in [-0.25, -0.2) is 0 Å². The molecule has 20 heavy (non-hydrogen) atoms. The molecular weight excluding hydrogens is 312 g/mol. The van der Waals surface area contributed by atoms with E-state index in [-0.39, 0.29) is 0 Å². The maximum absolute atomic E-state index is 3.79. The highest BCUT2D eigenvalue weighted by Gasteiger charge is 2.16. The zero-order chi connectivity index (χ0) is 14.4. The SMILES string of the molecule is CCC(NC(C)CN1CCCCC1)c1cccc(Br)c1. The first kappa shape index (κ1) is 16.0. The number of hydrogen-bond acceptors (Lipinski definition) is 2. The lowest BCUT2D eigenvalue weighted by Crippen LogP contribution is -2.42. The van der Waals surface area contributed by atoms with Gasteiger partial charge in [0.25, 0.3) is 0 Å². The highest BCUT2D eigenvalue weighted by atomic mass is 79.9. The first-order chi connectivity index (χ1) is 9.69. The molecule has 3 heteroatoms. The number of halogens is 1. The lowest BCUT2D eigenvalue weighted by atomic mass is 10.0. The van der Waals surface area contributed by atoms with Crippen molar-refractivity contribution in [3.8, 4) is 0 Å². The molecule has 2 rings (SSSR count). The first-order valence-corrected chi connectivity index (χ1v) is 8.72. The van der Waals surface area contributed by atoms with Crippen molar-refractivity contribution in [3.63, 3.8) is 0 Å². The highest BCUT2D eigenvalue weighted by molar-refractivity contribution is 9.10. The Balaban J connectivity index is 1.88. The van der Waals surface area contributed by atoms with Gasteiger partial charge in [0.05, 0.1) is 0 Å². The molecule has 1 saturated heterocycles. The van der Waals surface area contributed by atoms with Gasteiger partial charge >= 0.3 is 0 Å². The van der Waals surface area contributed by atoms with Gasteiger partial charge < -0.3 is 10.2 Å². The number of nitrogens with one attached hydrogen (secondary N) is 1. The summed E-state index contributed by atoms with van der Waals surface area (Å²) in [6.45, 7) is 8.30. The molecule has 0 amide bonds. The Morgan fingerprint density at radius 1 is 1.25 bits per heavy atom. The average molecular weight is 339 g/mol. The van der Waals surface area contributed by atoms with Crippen LogP contribution in [-0.2, 0) is 0 Å². The van der Waals surface area contributed by atoms with E-state index in [0.29, 0.717) is 12.1 Å². The summed E-state index contributed by atoms with van der Waals surface area (Å²) in [5.74, 6) is 0. The third kappa shape index (κ3) is 4.87. The standard InChI is InChI=1S/C17H27BrN2/c1-3-17(15-8-7-9-16(18)12-15)19-14(2)13-20-10-5-4-6-11-20/h7-9,12,14,17,19H,3-6,10-11,13H2,1-2H3. The van der Waals surface area contributed by atoms with Crippen LogP contribution in [0.3, 0.4) is 0 Å². The van der Waals surface area contributed by atoms with Crippen LogP contribution in [0.5, 0.6) is 0 Å². The summed E-state index contributed by atoms with van der Waals surface area (Å²) < 4.78 is 1.17. The van der Waals surface area contributed by atoms with Crippen molar-refractivity contribution in [1.29, 1.82) is 0 Å². The van der Waals surface area contributed by atoms with Gasteiger partial charge in [-0.15, -0.1) is 0 Å². The number of benzene rings is 1. The second-order valence-corrected chi connectivity index (χ2v) is 6.86. The van der Waals surface area contributed by atoms with Gasteiger partial charge in [0.15, 0.2) is 0 Å². The first-order valence-electron chi connectivity index (χ1n) is 7.93. The van der Waals surface area contributed by atoms with Crippen LogP contribution in [0.15, 0.2) is 28.7 Å². The smallest absolute Gasteiger partial charge is 0.0320 e. The average Bonchev–Trinajstić information content (AvgIpc) is 2.46. The van der Waals surface area contributed by atoms with Crippen LogP contribution in [0.1, 0.15) is 51.1 Å². The molecule has 1 aliphatic rings. The van der Waals surface area contributed by atoms with E-state index in [2.05, 4.69) is 64.3 Å². The normalized spacial score (nSPS) is 19.8. The third-order valence-corrected chi connectivity index (χ3v) is 4.62. The summed E-state index contributed by atoms with van der Waals surface area (Å²) in [6, 6.07) is 9.66. The second-order valence-electron chi connectivity index (χ2n) is 5.94. The molecule has 1 aliphatic heterocycles. The molecule has 1 N–H and O–H groups in total. The maximum atomic E-state index is 3.79. The van der Waals surface area contributed by atoms with E-state index in [9.17, 15) is 0 Å². The summed E-state index contributed by atoms with van der Waals surface area (Å²) in [7, 11) is 0. The largest absolute Gasteiger partial charge is 0.306 e. The van der Waals surface area contributed by atoms with Crippen LogP contribution < -0.4 is 5.32 Å². The molecular formula is C17H27BrN2. The van der Waals surface area contributed by atoms with Crippen LogP contribution in [0.25, 0.3) is 0 Å². The molecule has 0 aromatic heterocycles. The second kappa shape index (κ2) is 8.16. The van der Waals surface area contributed by atoms with Crippen LogP contribution in [-0.4, -0.2) is 30.6 Å². The molecule has 0 spiro atoms. The Bertz CT molecular complexity index is 402. The molecule has 2 unspecified atom stereocenters. The minimum Gasteiger partial charge on any atom is -0.306 e. The van der Waals surface area contributed by atoms with E-state index >= 15 is 0 Å². The van der Waals surface area contributed by atoms with E-state index in [4.69, 9.17) is 0 Å². The fraction of sp³-hybridized carbons (Fsp3) is 0.647. The molecule has 0 aliphatic carbocycles. The summed E-state index contributed by atoms with van der Waals surface area (Å²) in [4.78, 5) is 2.61. The quantitative estimate of drug-likeness (QED) is 0.828. The van der Waals surface area contributed by atoms with Crippen LogP contribution in [0.4, 0.5) is 0 Å². The van der Waals surface area contributed by atoms with Crippen molar-refractivity contribution in [2.24, 2.45) is 0 Å². The van der Waals surface area contributed by atoms with Crippen LogP contribution >= 0.6 is 15.9 Å². The summed E-state index contributed by atoms with van der Waals surface area (Å²) >= 11 is 3.57. The monoisotopic (exact) mass is 338 g/mol. The Morgan fingerprint density at radius 3 is 2.65 bits per heavy atom. The van der Waals surface area contributed by atoms with E-state index < -0.39 is 0 Å². The Labute approximate surface area is 132 Å². The molecule has 1 aromatic rings. The van der Waals surface area contributed by atoms with Crippen molar-refractivity contribution in [1.82, 2.24) is 10.2 Å². The zero-order valence-electron chi connectivity index (χ0n) is 12.7. The number of rotatable bonds is 6. The van der Waals surface area contributed by atoms with E-state index in [1.165, 1.54) is 48.9 Å². The fourth-order valence-corrected chi connectivity index (χ4v) is 3.52. The minimum absolute atomic E-state index is 0.451. The lowest BCUT2D eigenvalue weighted by molar-refractivity contribution is 0.203. The van der Waals surface area contributed by atoms with Crippen molar-refractivity contribution in [2.45, 2.75) is 51.6 Å². The molecule has 2 nitrogen and oxygen atoms in total. The van der Waals surface area contributed by atoms with E-state index in [1.54, 1.807) is 0 Å². The molecule has 1 fully saturated rings. The number of hydrogen-bond donors (Lipinski definition) is 1. The van der Waals surface area contributed by atoms with Crippen molar-refractivity contribution >= 4 is 15.9 Å². The van der Waals surface area contributed by atoms with Gasteiger partial charge in [-0.3, -0.25) is 0 Å². The third-order valence-electron chi connectivity index (χ3n) is 4.13. The lowest BCUT2D eigenvalue weighted by Gasteiger charge is -2.31. The molecule has 1 heterocycles. The number of piperidine rings is 1. The molecule has 1 aromatic carbocycles. The molecule has 0 saturated carbocycles. The molecule has 112 valence electrons. The fourth-order valence-electron chi connectivity index (χ4n) is 3.10. The van der Waals surface area contributed by atoms with Crippen molar-refractivity contribution in [2.75, 3.05) is 19.6 Å². The predicted molar refractivity (Wildman–Crippen MR) is 90.1 cm³/mol. The predicted octanol–water partition coefficient (Wildman–Crippen LogP) is 4.36. The minimum atomic E-state index is 0.451. The van der Waals surface area contributed by atoms with Crippen molar-refractivity contribution < 1.29 is 0 Å². The van der Waals surface area contributed by atoms with Gasteiger partial charge in [-0.05, 0) is 57.0 Å². The highest BCUT2D eigenvalue weighted by Crippen LogP contribution is 2.21. The van der Waals surface area contributed by atoms with Gasteiger partial charge in [0, 0.05) is 23.1 Å². The number of nitrogens with zero attached hydrogens (tertiary/aromatic N) is 1. The summed E-state index contributed by atoms with van der Waals surface area (Å²) in [5, 5.41) is 3.79. The van der Waals surface area contributed by atoms with Gasteiger partial charge in [-0.1, -0.05) is 41.4 Å². The van der Waals surface area contributed by atoms with E-state index in [1.807, 2.05) is 0 Å². The van der Waals surface area contributed by atoms with Gasteiger partial charge in [-0.2, -0.15) is 0 Å². The summed E-state index contributed by atoms with van der Waals surface area (Å²) in [5.41, 5.74) is 1.38. The molecule has 0 bridgehead atoms. The maximum Gasteiger partial charge on any atom is 0.0320 e. The topological polar surface area (TPSA) is 15.3 Å². The van der Waals surface area contributed by atoms with Crippen molar-refractivity contribution in [3.05, 3.63) is 34.3 Å².